The molecule has 0 spiro atoms. The van der Waals surface area contributed by atoms with Crippen LogP contribution in [0.2, 0.25) is 0 Å². The number of rotatable bonds is 6. The van der Waals surface area contributed by atoms with Gasteiger partial charge in [0.25, 0.3) is 0 Å². The van der Waals surface area contributed by atoms with Gasteiger partial charge in [-0.3, -0.25) is 0 Å². The molecule has 118 valence electrons. The number of aryl methyl sites for hydroxylation is 1. The van der Waals surface area contributed by atoms with Crippen LogP contribution in [-0.4, -0.2) is 16.1 Å². The Labute approximate surface area is 130 Å². The zero-order chi connectivity index (χ0) is 15.7. The zero-order valence-electron chi connectivity index (χ0n) is 13.8. The summed E-state index contributed by atoms with van der Waals surface area (Å²) in [6.45, 7) is 8.95. The molecule has 1 aromatic heterocycles. The molecule has 21 heavy (non-hydrogen) atoms. The molecule has 0 aliphatic heterocycles. The van der Waals surface area contributed by atoms with E-state index >= 15 is 0 Å². The van der Waals surface area contributed by atoms with E-state index in [-0.39, 0.29) is 1.43 Å². The molecule has 0 fully saturated rings. The largest absolute Gasteiger partial charge is 0.333 e. The maximum atomic E-state index is 5.67. The van der Waals surface area contributed by atoms with Crippen molar-refractivity contribution in [1.82, 2.24) is 9.55 Å². The molecule has 1 atom stereocenters. The van der Waals surface area contributed by atoms with Crippen LogP contribution >= 0.6 is 0 Å². The first-order chi connectivity index (χ1) is 10.2. The van der Waals surface area contributed by atoms with Crippen LogP contribution in [0.15, 0.2) is 36.8 Å². The summed E-state index contributed by atoms with van der Waals surface area (Å²) in [5.74, 6) is 0. The van der Waals surface area contributed by atoms with Crippen molar-refractivity contribution in [2.75, 3.05) is 6.54 Å². The third-order valence-electron chi connectivity index (χ3n) is 3.52. The second kappa shape index (κ2) is 9.35. The molecule has 2 aromatic rings. The number of benzene rings is 1. The average Bonchev–Trinajstić information content (AvgIpc) is 3.04. The first-order valence-corrected chi connectivity index (χ1v) is 8.07. The molecule has 1 heterocycles. The van der Waals surface area contributed by atoms with Gasteiger partial charge < -0.3 is 10.3 Å². The van der Waals surface area contributed by atoms with Crippen molar-refractivity contribution in [3.63, 3.8) is 0 Å². The van der Waals surface area contributed by atoms with Crippen molar-refractivity contribution in [3.05, 3.63) is 42.4 Å². The van der Waals surface area contributed by atoms with Crippen LogP contribution in [-0.2, 0) is 6.42 Å². The standard InChI is InChI=1S/C16H23N3.C2H6.H2/c1-3-4-5-14-6-8-15(9-7-14)16-11-19(12-18-16)13(2)10-17;1-2;/h6-9,11-13H,3-5,10,17H2,1-2H3;1-2H3;1H/t13-;;/m0../s1. The van der Waals surface area contributed by atoms with Gasteiger partial charge in [0.1, 0.15) is 0 Å². The van der Waals surface area contributed by atoms with E-state index in [1.807, 2.05) is 20.2 Å². The van der Waals surface area contributed by atoms with Crippen molar-refractivity contribution < 1.29 is 1.43 Å². The number of hydrogen-bond acceptors (Lipinski definition) is 2. The highest BCUT2D eigenvalue weighted by molar-refractivity contribution is 5.58. The molecule has 0 amide bonds. The summed E-state index contributed by atoms with van der Waals surface area (Å²) >= 11 is 0. The fraction of sp³-hybridized carbons (Fsp3) is 0.500. The monoisotopic (exact) mass is 289 g/mol. The highest BCUT2D eigenvalue weighted by atomic mass is 15.1. The molecule has 0 saturated heterocycles. The van der Waals surface area contributed by atoms with Gasteiger partial charge in [-0.1, -0.05) is 51.5 Å². The zero-order valence-corrected chi connectivity index (χ0v) is 13.8. The second-order valence-electron chi connectivity index (χ2n) is 5.09. The maximum Gasteiger partial charge on any atom is 0.0956 e. The number of aromatic nitrogens is 2. The lowest BCUT2D eigenvalue weighted by Crippen LogP contribution is -2.14. The van der Waals surface area contributed by atoms with Crippen molar-refractivity contribution >= 4 is 0 Å². The van der Waals surface area contributed by atoms with E-state index in [4.69, 9.17) is 5.73 Å². The van der Waals surface area contributed by atoms with E-state index in [0.29, 0.717) is 12.6 Å². The number of imidazole rings is 1. The molecule has 3 heteroatoms. The van der Waals surface area contributed by atoms with Gasteiger partial charge in [0.2, 0.25) is 0 Å². The summed E-state index contributed by atoms with van der Waals surface area (Å²) in [4.78, 5) is 4.45. The third-order valence-corrected chi connectivity index (χ3v) is 3.52. The van der Waals surface area contributed by atoms with Gasteiger partial charge in [0, 0.05) is 25.8 Å². The summed E-state index contributed by atoms with van der Waals surface area (Å²) in [5, 5.41) is 0. The summed E-state index contributed by atoms with van der Waals surface area (Å²) < 4.78 is 2.07. The van der Waals surface area contributed by atoms with Gasteiger partial charge in [0.05, 0.1) is 12.0 Å². The lowest BCUT2D eigenvalue weighted by atomic mass is 10.1. The average molecular weight is 289 g/mol. The van der Waals surface area contributed by atoms with Crippen LogP contribution in [0.1, 0.15) is 53.6 Å². The van der Waals surface area contributed by atoms with Crippen molar-refractivity contribution in [1.29, 1.82) is 0 Å². The van der Waals surface area contributed by atoms with Gasteiger partial charge in [-0.25, -0.2) is 4.98 Å². The van der Waals surface area contributed by atoms with E-state index in [1.165, 1.54) is 24.0 Å². The Morgan fingerprint density at radius 3 is 2.48 bits per heavy atom. The predicted molar refractivity (Wildman–Crippen MR) is 93.5 cm³/mol. The number of nitrogens with zero attached hydrogens (tertiary/aromatic N) is 2. The fourth-order valence-electron chi connectivity index (χ4n) is 2.07. The van der Waals surface area contributed by atoms with E-state index in [1.54, 1.807) is 0 Å². The van der Waals surface area contributed by atoms with E-state index < -0.39 is 0 Å². The first kappa shape index (κ1) is 17.4. The van der Waals surface area contributed by atoms with Gasteiger partial charge in [-0.2, -0.15) is 0 Å². The predicted octanol–water partition coefficient (Wildman–Crippen LogP) is 4.68. The molecule has 2 rings (SSSR count). The van der Waals surface area contributed by atoms with E-state index in [9.17, 15) is 0 Å². The van der Waals surface area contributed by atoms with Crippen LogP contribution in [0, 0.1) is 0 Å². The molecule has 0 aliphatic rings. The topological polar surface area (TPSA) is 43.8 Å². The Bertz CT molecular complexity index is 505. The van der Waals surface area contributed by atoms with Crippen molar-refractivity contribution in [2.24, 2.45) is 5.73 Å². The minimum absolute atomic E-state index is 0. The molecule has 2 N–H and O–H groups in total. The van der Waals surface area contributed by atoms with E-state index in [0.717, 1.165) is 12.1 Å². The quantitative estimate of drug-likeness (QED) is 0.838. The lowest BCUT2D eigenvalue weighted by Gasteiger charge is -2.08. The Hall–Kier alpha value is -1.61. The minimum atomic E-state index is 0. The van der Waals surface area contributed by atoms with Crippen LogP contribution in [0.4, 0.5) is 0 Å². The Morgan fingerprint density at radius 2 is 1.90 bits per heavy atom. The van der Waals surface area contributed by atoms with Crippen LogP contribution in [0.5, 0.6) is 0 Å². The smallest absolute Gasteiger partial charge is 0.0956 e. The molecule has 0 radical (unpaired) electrons. The molecule has 3 nitrogen and oxygen atoms in total. The third kappa shape index (κ3) is 5.01. The molecule has 0 unspecified atom stereocenters. The molecule has 0 bridgehead atoms. The Balaban J connectivity index is 0.00000141. The summed E-state index contributed by atoms with van der Waals surface area (Å²) in [7, 11) is 0. The normalized spacial score (nSPS) is 11.7. The summed E-state index contributed by atoms with van der Waals surface area (Å²) in [5.41, 5.74) is 9.26. The Morgan fingerprint density at radius 1 is 1.24 bits per heavy atom. The van der Waals surface area contributed by atoms with Crippen LogP contribution in [0.25, 0.3) is 11.3 Å². The summed E-state index contributed by atoms with van der Waals surface area (Å²) in [6, 6.07) is 9.02. The minimum Gasteiger partial charge on any atom is -0.333 e. The van der Waals surface area contributed by atoms with Crippen molar-refractivity contribution in [3.8, 4) is 11.3 Å². The van der Waals surface area contributed by atoms with E-state index in [2.05, 4.69) is 53.9 Å². The number of unbranched alkanes of at least 4 members (excludes halogenated alkanes) is 1. The van der Waals surface area contributed by atoms with Gasteiger partial charge in [-0.15, -0.1) is 0 Å². The first-order valence-electron chi connectivity index (χ1n) is 8.07. The lowest BCUT2D eigenvalue weighted by molar-refractivity contribution is 0.558. The van der Waals surface area contributed by atoms with Crippen LogP contribution in [0.3, 0.4) is 0 Å². The summed E-state index contributed by atoms with van der Waals surface area (Å²) in [6.07, 6.45) is 7.58. The maximum absolute atomic E-state index is 5.67. The van der Waals surface area contributed by atoms with Gasteiger partial charge in [-0.05, 0) is 25.3 Å². The highest BCUT2D eigenvalue weighted by Crippen LogP contribution is 2.19. The molecule has 0 aliphatic carbocycles. The molecular weight excluding hydrogens is 258 g/mol. The molecule has 1 aromatic carbocycles. The fourth-order valence-corrected chi connectivity index (χ4v) is 2.07. The van der Waals surface area contributed by atoms with Gasteiger partial charge in [0.15, 0.2) is 0 Å². The highest BCUT2D eigenvalue weighted by Gasteiger charge is 2.06. The van der Waals surface area contributed by atoms with Crippen LogP contribution < -0.4 is 5.73 Å². The molecular formula is C18H31N3. The van der Waals surface area contributed by atoms with Crippen molar-refractivity contribution in [2.45, 2.75) is 53.0 Å². The number of hydrogen-bond donors (Lipinski definition) is 1. The SMILES string of the molecule is CC.CCCCc1ccc(-c2cn([C@@H](C)CN)cn2)cc1.[HH]. The van der Waals surface area contributed by atoms with Gasteiger partial charge >= 0.3 is 0 Å². The second-order valence-corrected chi connectivity index (χ2v) is 5.09. The Kier molecular flexibility index (Phi) is 7.76. The molecule has 0 saturated carbocycles. The number of nitrogens with two attached hydrogens (primary N) is 1.